The maximum atomic E-state index is 14.4. The van der Waals surface area contributed by atoms with Crippen LogP contribution in [0, 0.1) is 23.7 Å². The number of hydrogen-bond acceptors (Lipinski definition) is 15. The number of rotatable bonds is 11. The summed E-state index contributed by atoms with van der Waals surface area (Å²) in [5.74, 6) is -2.57. The minimum absolute atomic E-state index is 0.0272. The summed E-state index contributed by atoms with van der Waals surface area (Å²) in [6.45, 7) is 20.0. The van der Waals surface area contributed by atoms with Crippen LogP contribution < -0.4 is 5.32 Å². The molecule has 1 aliphatic carbocycles. The second-order valence-electron chi connectivity index (χ2n) is 20.7. The van der Waals surface area contributed by atoms with Crippen molar-refractivity contribution < 1.29 is 67.2 Å². The molecular weight excluding hydrogens is 863 g/mol. The van der Waals surface area contributed by atoms with E-state index < -0.39 is 90.2 Å². The van der Waals surface area contributed by atoms with E-state index in [2.05, 4.69) is 45.2 Å². The summed E-state index contributed by atoms with van der Waals surface area (Å²) in [7, 11) is 3.32. The van der Waals surface area contributed by atoms with Crippen molar-refractivity contribution in [3.05, 3.63) is 59.3 Å². The number of allylic oxidation sites excluding steroid dienone is 2. The number of carbonyl (C=O) groups is 2. The topological polar surface area (TPSA) is 179 Å². The van der Waals surface area contributed by atoms with Crippen LogP contribution in [-0.4, -0.2) is 146 Å². The number of Topliss-reactive ketones (excluding diaryl/α,β-unsaturated/α-hetero) is 1. The number of hydrogen-bond donors (Lipinski definition) is 3. The Morgan fingerprint density at radius 1 is 0.970 bits per heavy atom. The van der Waals surface area contributed by atoms with Gasteiger partial charge in [-0.3, -0.25) is 9.59 Å². The Morgan fingerprint density at radius 2 is 1.72 bits per heavy atom. The predicted molar refractivity (Wildman–Crippen MR) is 248 cm³/mol. The molecule has 20 atom stereocenters. The molecule has 376 valence electrons. The van der Waals surface area contributed by atoms with E-state index in [9.17, 15) is 19.8 Å². The first kappa shape index (κ1) is 52.2. The van der Waals surface area contributed by atoms with Gasteiger partial charge in [0.25, 0.3) is 0 Å². The zero-order valence-electron chi connectivity index (χ0n) is 41.8. The van der Waals surface area contributed by atoms with Crippen LogP contribution in [-0.2, 0) is 57.0 Å². The SMILES string of the molecule is CCC(C)[C@H]1O[C@]2(C=C[C@@H]1C)C[C@@H]1C[C@@H](C/C=C(\C)[C@@H](OC3C[C@H](OC)[C@@H](OC4C[C@H](OC)[C@@](C)(NCC(C)=O)[C@H](C)O4)[C@H](C)O3)C(C)/C=C/C=C3\CO[C@@H]4[C@H](O)C(C)=C[C@@H](C(=O)O1)[C@]34O)O2. The van der Waals surface area contributed by atoms with Crippen molar-refractivity contribution in [2.75, 3.05) is 27.4 Å². The van der Waals surface area contributed by atoms with E-state index in [1.165, 1.54) is 0 Å². The number of methoxy groups -OCH3 is 2. The number of aliphatic hydroxyl groups is 2. The van der Waals surface area contributed by atoms with Crippen LogP contribution in [0.5, 0.6) is 0 Å². The summed E-state index contributed by atoms with van der Waals surface area (Å²) in [5.41, 5.74) is -0.487. The van der Waals surface area contributed by atoms with E-state index in [4.69, 9.17) is 47.4 Å². The lowest BCUT2D eigenvalue weighted by Crippen LogP contribution is -2.66. The quantitative estimate of drug-likeness (QED) is 0.163. The van der Waals surface area contributed by atoms with Crippen molar-refractivity contribution in [3.8, 4) is 0 Å². The van der Waals surface area contributed by atoms with Gasteiger partial charge in [0.1, 0.15) is 41.7 Å². The molecule has 3 N–H and O–H groups in total. The summed E-state index contributed by atoms with van der Waals surface area (Å²) < 4.78 is 65.0. The number of fused-ring (bicyclic) bond motifs is 2. The predicted octanol–water partition coefficient (Wildman–Crippen LogP) is 5.95. The van der Waals surface area contributed by atoms with Crippen LogP contribution in [0.1, 0.15) is 108 Å². The fourth-order valence-corrected chi connectivity index (χ4v) is 11.3. The van der Waals surface area contributed by atoms with Crippen molar-refractivity contribution >= 4 is 11.8 Å². The van der Waals surface area contributed by atoms with E-state index in [0.717, 1.165) is 12.0 Å². The fourth-order valence-electron chi connectivity index (χ4n) is 11.3. The van der Waals surface area contributed by atoms with Gasteiger partial charge in [-0.25, -0.2) is 0 Å². The van der Waals surface area contributed by atoms with Gasteiger partial charge in [0, 0.05) is 51.7 Å². The van der Waals surface area contributed by atoms with Crippen LogP contribution >= 0.6 is 0 Å². The van der Waals surface area contributed by atoms with Gasteiger partial charge in [-0.05, 0) is 76.7 Å². The zero-order chi connectivity index (χ0) is 48.6. The number of ether oxygens (including phenoxy) is 10. The Labute approximate surface area is 397 Å². The minimum Gasteiger partial charge on any atom is -0.462 e. The van der Waals surface area contributed by atoms with Crippen LogP contribution in [0.2, 0.25) is 0 Å². The summed E-state index contributed by atoms with van der Waals surface area (Å²) in [5, 5.41) is 27.2. The van der Waals surface area contributed by atoms with E-state index in [1.807, 2.05) is 45.9 Å². The van der Waals surface area contributed by atoms with E-state index in [-0.39, 0.29) is 61.4 Å². The molecule has 0 aromatic rings. The molecule has 7 rings (SSSR count). The Balaban J connectivity index is 1.15. The average molecular weight is 942 g/mol. The first-order valence-corrected chi connectivity index (χ1v) is 24.7. The molecule has 6 aliphatic heterocycles. The molecular formula is C52H79NO14. The second kappa shape index (κ2) is 21.4. The van der Waals surface area contributed by atoms with Gasteiger partial charge in [-0.2, -0.15) is 0 Å². The fraction of sp³-hybridized carbons (Fsp3) is 0.769. The lowest BCUT2D eigenvalue weighted by Gasteiger charge is -2.49. The molecule has 4 unspecified atom stereocenters. The molecule has 4 fully saturated rings. The van der Waals surface area contributed by atoms with Gasteiger partial charge in [0.15, 0.2) is 18.4 Å². The molecule has 15 heteroatoms. The molecule has 0 aromatic heterocycles. The summed E-state index contributed by atoms with van der Waals surface area (Å²) in [6, 6.07) is 0. The van der Waals surface area contributed by atoms with Crippen LogP contribution in [0.4, 0.5) is 0 Å². The highest BCUT2D eigenvalue weighted by Gasteiger charge is 2.60. The van der Waals surface area contributed by atoms with Gasteiger partial charge >= 0.3 is 5.97 Å². The summed E-state index contributed by atoms with van der Waals surface area (Å²) in [4.78, 5) is 26.3. The minimum atomic E-state index is -1.84. The Morgan fingerprint density at radius 3 is 2.42 bits per heavy atom. The van der Waals surface area contributed by atoms with Gasteiger partial charge in [0.05, 0.1) is 61.4 Å². The zero-order valence-corrected chi connectivity index (χ0v) is 41.8. The number of nitrogens with one attached hydrogen (secondary N) is 1. The average Bonchev–Trinajstić information content (AvgIpc) is 3.63. The molecule has 0 radical (unpaired) electrons. The van der Waals surface area contributed by atoms with Crippen LogP contribution in [0.25, 0.3) is 0 Å². The van der Waals surface area contributed by atoms with Crippen LogP contribution in [0.15, 0.2) is 59.3 Å². The van der Waals surface area contributed by atoms with E-state index in [1.54, 1.807) is 40.2 Å². The van der Waals surface area contributed by atoms with Crippen molar-refractivity contribution in [3.63, 3.8) is 0 Å². The number of aliphatic hydroxyl groups excluding tert-OH is 1. The molecule has 0 aromatic carbocycles. The molecule has 6 heterocycles. The number of esters is 1. The first-order valence-electron chi connectivity index (χ1n) is 24.7. The molecule has 2 bridgehead atoms. The van der Waals surface area contributed by atoms with Gasteiger partial charge in [-0.1, -0.05) is 70.6 Å². The monoisotopic (exact) mass is 942 g/mol. The summed E-state index contributed by atoms with van der Waals surface area (Å²) in [6.07, 6.45) is 9.56. The second-order valence-corrected chi connectivity index (χ2v) is 20.7. The maximum Gasteiger partial charge on any atom is 0.316 e. The Kier molecular flexibility index (Phi) is 16.7. The molecule has 0 amide bonds. The molecule has 15 nitrogen and oxygen atoms in total. The van der Waals surface area contributed by atoms with Crippen molar-refractivity contribution in [2.45, 2.75) is 204 Å². The van der Waals surface area contributed by atoms with Crippen LogP contribution in [0.3, 0.4) is 0 Å². The normalized spacial score (nSPS) is 47.4. The molecule has 7 aliphatic rings. The van der Waals surface area contributed by atoms with Gasteiger partial charge < -0.3 is 62.9 Å². The van der Waals surface area contributed by atoms with Crippen molar-refractivity contribution in [1.29, 1.82) is 0 Å². The lowest BCUT2D eigenvalue weighted by molar-refractivity contribution is -0.317. The Hall–Kier alpha value is -2.64. The lowest BCUT2D eigenvalue weighted by atomic mass is 9.71. The highest BCUT2D eigenvalue weighted by atomic mass is 16.7. The third-order valence-corrected chi connectivity index (χ3v) is 15.8. The maximum absolute atomic E-state index is 14.4. The van der Waals surface area contributed by atoms with Crippen molar-refractivity contribution in [1.82, 2.24) is 5.32 Å². The van der Waals surface area contributed by atoms with Gasteiger partial charge in [0.2, 0.25) is 0 Å². The summed E-state index contributed by atoms with van der Waals surface area (Å²) >= 11 is 0. The first-order chi connectivity index (χ1) is 31.7. The smallest absolute Gasteiger partial charge is 0.316 e. The van der Waals surface area contributed by atoms with E-state index >= 15 is 0 Å². The number of ketones is 1. The molecule has 0 saturated carbocycles. The molecule has 4 saturated heterocycles. The highest BCUT2D eigenvalue weighted by Crippen LogP contribution is 2.47. The van der Waals surface area contributed by atoms with Crippen molar-refractivity contribution in [2.24, 2.45) is 23.7 Å². The Bertz CT molecular complexity index is 1920. The standard InChI is InChI=1S/C52H79NO14/c1-13-28(2)46-31(5)19-20-51(67-46)25-38-22-37(66-51)18-17-30(4)45(29(3)15-14-16-36-27-60-48-44(55)32(6)21-39(49(56)63-38)52(36,48)57)64-42-23-40(58-11)47(34(8)61-42)65-43-24-41(59-12)50(10,35(9)62-43)53-26-33(7)54/h14-17,19-21,28-29,31,34-35,37-48,53,55,57H,13,18,22-27H2,1-12H3/b15-14+,30-17+,36-16+/t28?,29?,31-,34-,35-,37+,38-,39-,40-,41-,42?,43?,44+,45-,46+,47-,48+,50-,51+,52+/m0/s1. The molecule has 1 spiro atoms. The highest BCUT2D eigenvalue weighted by molar-refractivity contribution is 5.79. The largest absolute Gasteiger partial charge is 0.462 e. The third kappa shape index (κ3) is 10.8. The third-order valence-electron chi connectivity index (χ3n) is 15.8. The number of carbonyl (C=O) groups excluding carboxylic acids is 2. The molecule has 67 heavy (non-hydrogen) atoms. The van der Waals surface area contributed by atoms with E-state index in [0.29, 0.717) is 36.8 Å². The van der Waals surface area contributed by atoms with Gasteiger partial charge in [-0.15, -0.1) is 0 Å².